The van der Waals surface area contributed by atoms with Gasteiger partial charge in [-0.2, -0.15) is 0 Å². The number of aryl methyl sites for hydroxylation is 1. The zero-order valence-electron chi connectivity index (χ0n) is 13.1. The van der Waals surface area contributed by atoms with Crippen LogP contribution in [0.15, 0.2) is 70.6 Å². The highest BCUT2D eigenvalue weighted by atomic mass is 79.9. The highest BCUT2D eigenvalue weighted by molar-refractivity contribution is 9.10. The van der Waals surface area contributed by atoms with Crippen molar-refractivity contribution < 1.29 is 4.79 Å². The molecule has 0 radical (unpaired) electrons. The van der Waals surface area contributed by atoms with Gasteiger partial charge in [0.1, 0.15) is 0 Å². The molecule has 3 rings (SSSR count). The van der Waals surface area contributed by atoms with Crippen molar-refractivity contribution in [3.05, 3.63) is 71.0 Å². The van der Waals surface area contributed by atoms with Gasteiger partial charge >= 0.3 is 0 Å². The molecular formula is C18H16BrN3OS. The van der Waals surface area contributed by atoms with Crippen LogP contribution in [-0.4, -0.2) is 21.2 Å². The Labute approximate surface area is 153 Å². The van der Waals surface area contributed by atoms with E-state index in [0.29, 0.717) is 5.75 Å². The maximum atomic E-state index is 12.2. The second-order valence-corrected chi connectivity index (χ2v) is 7.03. The number of halogens is 1. The Kier molecular flexibility index (Phi) is 5.37. The molecule has 1 heterocycles. The zero-order valence-corrected chi connectivity index (χ0v) is 15.5. The number of hydrogen-bond donors (Lipinski definition) is 1. The van der Waals surface area contributed by atoms with E-state index in [-0.39, 0.29) is 5.91 Å². The molecule has 0 unspecified atom stereocenters. The average Bonchev–Trinajstić information content (AvgIpc) is 3.04. The molecule has 2 aromatic carbocycles. The molecule has 0 aliphatic heterocycles. The summed E-state index contributed by atoms with van der Waals surface area (Å²) in [5.41, 5.74) is 3.00. The minimum absolute atomic E-state index is 0.0642. The van der Waals surface area contributed by atoms with E-state index >= 15 is 0 Å². The number of anilines is 1. The summed E-state index contributed by atoms with van der Waals surface area (Å²) in [6.07, 6.45) is 3.65. The molecule has 0 aliphatic rings. The summed E-state index contributed by atoms with van der Waals surface area (Å²) in [5, 5.41) is 3.69. The third-order valence-corrected chi connectivity index (χ3v) is 5.03. The van der Waals surface area contributed by atoms with Gasteiger partial charge in [0.2, 0.25) is 5.91 Å². The summed E-state index contributed by atoms with van der Waals surface area (Å²) in [6.45, 7) is 2.05. The van der Waals surface area contributed by atoms with Crippen molar-refractivity contribution in [2.45, 2.75) is 12.1 Å². The lowest BCUT2D eigenvalue weighted by Crippen LogP contribution is -2.14. The van der Waals surface area contributed by atoms with Gasteiger partial charge in [0.15, 0.2) is 5.16 Å². The number of aromatic nitrogens is 2. The first-order valence-electron chi connectivity index (χ1n) is 7.41. The Bertz CT molecular complexity index is 863. The van der Waals surface area contributed by atoms with E-state index in [0.717, 1.165) is 21.0 Å². The second-order valence-electron chi connectivity index (χ2n) is 5.24. The minimum Gasteiger partial charge on any atom is -0.324 e. The normalized spacial score (nSPS) is 10.6. The van der Waals surface area contributed by atoms with E-state index in [4.69, 9.17) is 0 Å². The lowest BCUT2D eigenvalue weighted by molar-refractivity contribution is -0.113. The standard InChI is InChI=1S/C18H16BrN3OS/c1-13-5-4-6-14(11-13)22-10-9-20-18(22)24-12-17(23)21-16-8-3-2-7-15(16)19/h2-11H,12H2,1H3,(H,21,23). The van der Waals surface area contributed by atoms with E-state index in [9.17, 15) is 4.79 Å². The number of para-hydroxylation sites is 1. The Balaban J connectivity index is 1.67. The molecule has 1 N–H and O–H groups in total. The van der Waals surface area contributed by atoms with Gasteiger partial charge in [-0.05, 0) is 52.7 Å². The van der Waals surface area contributed by atoms with Crippen molar-refractivity contribution in [2.75, 3.05) is 11.1 Å². The van der Waals surface area contributed by atoms with Crippen LogP contribution in [0.25, 0.3) is 5.69 Å². The van der Waals surface area contributed by atoms with Crippen molar-refractivity contribution in [3.8, 4) is 5.69 Å². The SMILES string of the molecule is Cc1cccc(-n2ccnc2SCC(=O)Nc2ccccc2Br)c1. The molecule has 24 heavy (non-hydrogen) atoms. The van der Waals surface area contributed by atoms with Crippen molar-refractivity contribution in [1.29, 1.82) is 0 Å². The second kappa shape index (κ2) is 7.68. The zero-order chi connectivity index (χ0) is 16.9. The molecule has 1 amide bonds. The molecular weight excluding hydrogens is 386 g/mol. The Morgan fingerprint density at radius 3 is 2.88 bits per heavy atom. The number of benzene rings is 2. The van der Waals surface area contributed by atoms with Crippen molar-refractivity contribution in [3.63, 3.8) is 0 Å². The smallest absolute Gasteiger partial charge is 0.234 e. The van der Waals surface area contributed by atoms with Gasteiger partial charge in [0.05, 0.1) is 11.4 Å². The molecule has 3 aromatic rings. The first kappa shape index (κ1) is 16.8. The van der Waals surface area contributed by atoms with Gasteiger partial charge in [0.25, 0.3) is 0 Å². The van der Waals surface area contributed by atoms with Gasteiger partial charge in [0, 0.05) is 22.6 Å². The molecule has 0 spiro atoms. The molecule has 0 bridgehead atoms. The fraction of sp³-hybridized carbons (Fsp3) is 0.111. The number of rotatable bonds is 5. The molecule has 0 fully saturated rings. The van der Waals surface area contributed by atoms with Crippen molar-refractivity contribution in [2.24, 2.45) is 0 Å². The quantitative estimate of drug-likeness (QED) is 0.631. The van der Waals surface area contributed by atoms with E-state index in [2.05, 4.69) is 45.3 Å². The molecule has 0 saturated heterocycles. The van der Waals surface area contributed by atoms with Gasteiger partial charge in [-0.1, -0.05) is 36.0 Å². The first-order chi connectivity index (χ1) is 11.6. The summed E-state index contributed by atoms with van der Waals surface area (Å²) in [4.78, 5) is 16.5. The number of carbonyl (C=O) groups excluding carboxylic acids is 1. The monoisotopic (exact) mass is 401 g/mol. The Hall–Kier alpha value is -2.05. The lowest BCUT2D eigenvalue weighted by atomic mass is 10.2. The fourth-order valence-corrected chi connectivity index (χ4v) is 3.41. The number of thioether (sulfide) groups is 1. The predicted octanol–water partition coefficient (Wildman–Crippen LogP) is 4.67. The molecule has 122 valence electrons. The number of carbonyl (C=O) groups is 1. The number of amides is 1. The van der Waals surface area contributed by atoms with Gasteiger partial charge in [-0.25, -0.2) is 4.98 Å². The van der Waals surface area contributed by atoms with Crippen LogP contribution in [0.1, 0.15) is 5.56 Å². The van der Waals surface area contributed by atoms with Crippen LogP contribution >= 0.6 is 27.7 Å². The van der Waals surface area contributed by atoms with E-state index in [1.807, 2.05) is 47.2 Å². The van der Waals surface area contributed by atoms with Crippen LogP contribution in [0, 0.1) is 6.92 Å². The van der Waals surface area contributed by atoms with E-state index in [1.54, 1.807) is 6.20 Å². The summed E-state index contributed by atoms with van der Waals surface area (Å²) in [5.74, 6) is 0.232. The van der Waals surface area contributed by atoms with E-state index in [1.165, 1.54) is 17.3 Å². The average molecular weight is 402 g/mol. The molecule has 1 aromatic heterocycles. The number of nitrogens with one attached hydrogen (secondary N) is 1. The van der Waals surface area contributed by atoms with Crippen LogP contribution in [0.3, 0.4) is 0 Å². The molecule has 6 heteroatoms. The summed E-state index contributed by atoms with van der Waals surface area (Å²) in [7, 11) is 0. The Morgan fingerprint density at radius 1 is 1.25 bits per heavy atom. The highest BCUT2D eigenvalue weighted by Crippen LogP contribution is 2.23. The van der Waals surface area contributed by atoms with Crippen LogP contribution in [0.5, 0.6) is 0 Å². The summed E-state index contributed by atoms with van der Waals surface area (Å²) < 4.78 is 2.85. The van der Waals surface area contributed by atoms with Crippen LogP contribution in [0.4, 0.5) is 5.69 Å². The largest absolute Gasteiger partial charge is 0.324 e. The van der Waals surface area contributed by atoms with Crippen molar-refractivity contribution in [1.82, 2.24) is 9.55 Å². The maximum Gasteiger partial charge on any atom is 0.234 e. The Morgan fingerprint density at radius 2 is 2.08 bits per heavy atom. The van der Waals surface area contributed by atoms with Gasteiger partial charge < -0.3 is 5.32 Å². The van der Waals surface area contributed by atoms with E-state index < -0.39 is 0 Å². The lowest BCUT2D eigenvalue weighted by Gasteiger charge is -2.09. The fourth-order valence-electron chi connectivity index (χ4n) is 2.25. The summed E-state index contributed by atoms with van der Waals surface area (Å²) >= 11 is 4.84. The topological polar surface area (TPSA) is 46.9 Å². The van der Waals surface area contributed by atoms with Crippen LogP contribution in [-0.2, 0) is 4.79 Å². The van der Waals surface area contributed by atoms with Gasteiger partial charge in [-0.15, -0.1) is 0 Å². The van der Waals surface area contributed by atoms with Crippen LogP contribution in [0.2, 0.25) is 0 Å². The van der Waals surface area contributed by atoms with Crippen molar-refractivity contribution >= 4 is 39.3 Å². The third-order valence-electron chi connectivity index (χ3n) is 3.37. The highest BCUT2D eigenvalue weighted by Gasteiger charge is 2.10. The number of nitrogens with zero attached hydrogens (tertiary/aromatic N) is 2. The number of imidazole rings is 1. The maximum absolute atomic E-state index is 12.2. The minimum atomic E-state index is -0.0642. The predicted molar refractivity (Wildman–Crippen MR) is 102 cm³/mol. The number of hydrogen-bond acceptors (Lipinski definition) is 3. The van der Waals surface area contributed by atoms with Crippen LogP contribution < -0.4 is 5.32 Å². The first-order valence-corrected chi connectivity index (χ1v) is 9.19. The molecule has 0 saturated carbocycles. The molecule has 0 atom stereocenters. The molecule has 4 nitrogen and oxygen atoms in total. The molecule has 0 aliphatic carbocycles. The third kappa shape index (κ3) is 4.07. The van der Waals surface area contributed by atoms with Gasteiger partial charge in [-0.3, -0.25) is 9.36 Å². The summed E-state index contributed by atoms with van der Waals surface area (Å²) in [6, 6.07) is 15.7.